The van der Waals surface area contributed by atoms with Gasteiger partial charge in [-0.15, -0.1) is 0 Å². The van der Waals surface area contributed by atoms with Crippen molar-refractivity contribution in [3.63, 3.8) is 0 Å². The average Bonchev–Trinajstić information content (AvgIpc) is 2.53. The van der Waals surface area contributed by atoms with Gasteiger partial charge in [0.2, 0.25) is 0 Å². The summed E-state index contributed by atoms with van der Waals surface area (Å²) in [5.41, 5.74) is -7.07. The summed E-state index contributed by atoms with van der Waals surface area (Å²) in [6.07, 6.45) is -7.55. The molecule has 1 rings (SSSR count). The molecular weight excluding hydrogens is 454 g/mol. The maximum atomic E-state index is 13.8. The van der Waals surface area contributed by atoms with Crippen molar-refractivity contribution >= 4 is 12.7 Å². The van der Waals surface area contributed by atoms with Crippen LogP contribution in [0.25, 0.3) is 0 Å². The van der Waals surface area contributed by atoms with Gasteiger partial charge in [-0.25, -0.2) is 0 Å². The molecule has 0 radical (unpaired) electrons. The lowest BCUT2D eigenvalue weighted by molar-refractivity contribution is -0.433. The Bertz CT molecular complexity index is 757. The van der Waals surface area contributed by atoms with Crippen LogP contribution in [0.5, 0.6) is 0 Å². The molecule has 0 aliphatic heterocycles. The summed E-state index contributed by atoms with van der Waals surface area (Å²) in [7, 11) is -7.05. The van der Waals surface area contributed by atoms with E-state index in [0.29, 0.717) is 12.1 Å². The third kappa shape index (κ3) is 3.06. The summed E-state index contributed by atoms with van der Waals surface area (Å²) in [6.45, 7) is 0. The smallest absolute Gasteiger partial charge is 0.337 e. The predicted molar refractivity (Wildman–Crippen MR) is 66.7 cm³/mol. The number of benzene rings is 1. The molecule has 1 atom stereocenters. The van der Waals surface area contributed by atoms with E-state index < -0.39 is 48.2 Å². The minimum absolute atomic E-state index is 0.214. The third-order valence-corrected chi connectivity index (χ3v) is 5.44. The van der Waals surface area contributed by atoms with Crippen LogP contribution in [0.1, 0.15) is 0 Å². The first kappa shape index (κ1) is 24.5. The summed E-state index contributed by atoms with van der Waals surface area (Å²) in [5, 5.41) is -1.68. The van der Waals surface area contributed by atoms with Gasteiger partial charge in [0, 0.05) is 5.30 Å². The Kier molecular flexibility index (Phi) is 5.70. The molecule has 0 fully saturated rings. The quantitative estimate of drug-likeness (QED) is 0.464. The molecule has 0 saturated carbocycles. The minimum Gasteiger partial charge on any atom is -0.337 e. The molecule has 0 bridgehead atoms. The second-order valence-corrected chi connectivity index (χ2v) is 7.48. The zero-order valence-corrected chi connectivity index (χ0v) is 13.5. The van der Waals surface area contributed by atoms with Crippen molar-refractivity contribution in [3.05, 3.63) is 30.3 Å². The minimum atomic E-state index is -8.12. The van der Waals surface area contributed by atoms with Crippen LogP contribution in [0.2, 0.25) is 0 Å². The van der Waals surface area contributed by atoms with Gasteiger partial charge in [0.25, 0.3) is 0 Å². The standard InChI is InChI=1S/C12H6F13O2P/c13-7(14,9(17,18)11(21,22)23)8(15,16)10(19,20)12(24,25)28(26,27)6-4-2-1-3-5-6/h1-5H,(H,26,27). The lowest BCUT2D eigenvalue weighted by Gasteiger charge is -2.40. The highest BCUT2D eigenvalue weighted by atomic mass is 31.2. The van der Waals surface area contributed by atoms with Crippen LogP contribution in [-0.4, -0.2) is 40.4 Å². The molecule has 0 saturated heterocycles. The van der Waals surface area contributed by atoms with Crippen LogP contribution in [0, 0.1) is 0 Å². The van der Waals surface area contributed by atoms with Gasteiger partial charge in [-0.05, 0) is 12.1 Å². The molecule has 0 aromatic heterocycles. The van der Waals surface area contributed by atoms with E-state index in [1.54, 1.807) is 0 Å². The fourth-order valence-electron chi connectivity index (χ4n) is 1.74. The van der Waals surface area contributed by atoms with Crippen LogP contribution < -0.4 is 5.30 Å². The van der Waals surface area contributed by atoms with Crippen molar-refractivity contribution in [3.8, 4) is 0 Å². The largest absolute Gasteiger partial charge is 0.460 e. The predicted octanol–water partition coefficient (Wildman–Crippen LogP) is 5.28. The van der Waals surface area contributed by atoms with E-state index in [1.807, 2.05) is 0 Å². The number of alkyl halides is 13. The van der Waals surface area contributed by atoms with Crippen molar-refractivity contribution in [2.75, 3.05) is 0 Å². The van der Waals surface area contributed by atoms with E-state index in [1.165, 1.54) is 0 Å². The zero-order valence-electron chi connectivity index (χ0n) is 12.6. The van der Waals surface area contributed by atoms with Gasteiger partial charge in [0.1, 0.15) is 0 Å². The van der Waals surface area contributed by atoms with E-state index in [4.69, 9.17) is 0 Å². The molecule has 1 aromatic rings. The van der Waals surface area contributed by atoms with Crippen LogP contribution in [-0.2, 0) is 4.57 Å². The van der Waals surface area contributed by atoms with Crippen molar-refractivity contribution in [1.29, 1.82) is 0 Å². The summed E-state index contributed by atoms with van der Waals surface area (Å²) in [4.78, 5) is 9.18. The Labute approximate surface area is 146 Å². The second-order valence-electron chi connectivity index (χ2n) is 5.25. The van der Waals surface area contributed by atoms with Gasteiger partial charge in [-0.1, -0.05) is 18.2 Å². The van der Waals surface area contributed by atoms with Crippen LogP contribution in [0.15, 0.2) is 30.3 Å². The van der Waals surface area contributed by atoms with E-state index in [0.717, 1.165) is 6.07 Å². The zero-order chi connectivity index (χ0) is 22.6. The lowest BCUT2D eigenvalue weighted by Crippen LogP contribution is -2.70. The van der Waals surface area contributed by atoms with Crippen molar-refractivity contribution in [2.24, 2.45) is 0 Å². The van der Waals surface area contributed by atoms with Crippen molar-refractivity contribution in [1.82, 2.24) is 0 Å². The van der Waals surface area contributed by atoms with E-state index in [2.05, 4.69) is 0 Å². The lowest BCUT2D eigenvalue weighted by atomic mass is 9.98. The summed E-state index contributed by atoms with van der Waals surface area (Å²) < 4.78 is 180. The third-order valence-electron chi connectivity index (χ3n) is 3.40. The van der Waals surface area contributed by atoms with E-state index >= 15 is 0 Å². The number of hydrogen-bond donors (Lipinski definition) is 1. The monoisotopic (exact) mass is 460 g/mol. The first-order valence-electron chi connectivity index (χ1n) is 6.45. The Morgan fingerprint density at radius 3 is 1.32 bits per heavy atom. The number of halogens is 13. The topological polar surface area (TPSA) is 37.3 Å². The Balaban J connectivity index is 3.65. The molecule has 1 N–H and O–H groups in total. The Hall–Kier alpha value is -1.50. The van der Waals surface area contributed by atoms with Gasteiger partial charge in [-0.3, -0.25) is 4.57 Å². The fraction of sp³-hybridized carbons (Fsp3) is 0.500. The van der Waals surface area contributed by atoms with Crippen molar-refractivity contribution in [2.45, 2.75) is 35.5 Å². The van der Waals surface area contributed by atoms with Gasteiger partial charge >= 0.3 is 42.9 Å². The summed E-state index contributed by atoms with van der Waals surface area (Å²) in [6, 6.07) is 2.72. The normalized spacial score (nSPS) is 17.4. The van der Waals surface area contributed by atoms with Crippen molar-refractivity contribution < 1.29 is 66.5 Å². The van der Waals surface area contributed by atoms with Gasteiger partial charge in [-0.2, -0.15) is 57.1 Å². The molecule has 0 spiro atoms. The first-order valence-corrected chi connectivity index (χ1v) is 8.11. The SMILES string of the molecule is O=P(O)(c1ccccc1)C(F)(F)C(F)(F)C(F)(F)C(F)(F)C(F)(F)C(F)(F)F. The molecule has 0 aliphatic rings. The first-order chi connectivity index (χ1) is 12.1. The molecule has 0 heterocycles. The van der Waals surface area contributed by atoms with E-state index in [9.17, 15) is 66.5 Å². The summed E-state index contributed by atoms with van der Waals surface area (Å²) >= 11 is 0. The Morgan fingerprint density at radius 2 is 0.964 bits per heavy atom. The van der Waals surface area contributed by atoms with Gasteiger partial charge in [0.05, 0.1) is 0 Å². The van der Waals surface area contributed by atoms with Crippen LogP contribution in [0.4, 0.5) is 57.1 Å². The highest BCUT2D eigenvalue weighted by Gasteiger charge is 2.92. The molecule has 28 heavy (non-hydrogen) atoms. The molecule has 2 nitrogen and oxygen atoms in total. The second kappa shape index (κ2) is 6.51. The molecule has 0 amide bonds. The molecule has 0 aliphatic carbocycles. The highest BCUT2D eigenvalue weighted by molar-refractivity contribution is 7.67. The molecule has 16 heteroatoms. The average molecular weight is 460 g/mol. The maximum absolute atomic E-state index is 13.8. The fourth-order valence-corrected chi connectivity index (χ4v) is 3.17. The number of rotatable bonds is 6. The molecule has 1 aromatic carbocycles. The van der Waals surface area contributed by atoms with Crippen LogP contribution >= 0.6 is 7.37 Å². The molecular formula is C12H6F13O2P. The summed E-state index contributed by atoms with van der Waals surface area (Å²) in [5.74, 6) is -32.0. The number of hydrogen-bond acceptors (Lipinski definition) is 1. The Morgan fingerprint density at radius 1 is 0.607 bits per heavy atom. The molecule has 1 unspecified atom stereocenters. The molecule has 162 valence electrons. The van der Waals surface area contributed by atoms with Gasteiger partial charge in [0.15, 0.2) is 0 Å². The highest BCUT2D eigenvalue weighted by Crippen LogP contribution is 2.68. The van der Waals surface area contributed by atoms with Crippen LogP contribution in [0.3, 0.4) is 0 Å². The van der Waals surface area contributed by atoms with E-state index in [-0.39, 0.29) is 12.1 Å². The van der Waals surface area contributed by atoms with Gasteiger partial charge < -0.3 is 4.89 Å². The maximum Gasteiger partial charge on any atom is 0.460 e.